The average molecular weight is 393 g/mol. The smallest absolute Gasteiger partial charge is 0.415 e. The van der Waals surface area contributed by atoms with Crippen molar-refractivity contribution in [2.45, 2.75) is 32.0 Å². The molecule has 1 amide bonds. The van der Waals surface area contributed by atoms with Crippen LogP contribution in [-0.4, -0.2) is 44.2 Å². The fourth-order valence-electron chi connectivity index (χ4n) is 3.34. The molecule has 0 spiro atoms. The molecule has 3 heterocycles. The van der Waals surface area contributed by atoms with Gasteiger partial charge in [-0.25, -0.2) is 4.79 Å². The Labute approximate surface area is 159 Å². The number of rotatable bonds is 3. The molecule has 4 rings (SSSR count). The van der Waals surface area contributed by atoms with Crippen LogP contribution >= 0.6 is 11.6 Å². The first kappa shape index (κ1) is 17.6. The van der Waals surface area contributed by atoms with E-state index in [9.17, 15) is 14.9 Å². The van der Waals surface area contributed by atoms with Crippen molar-refractivity contribution in [1.29, 1.82) is 0 Å². The quantitative estimate of drug-likeness (QED) is 0.588. The van der Waals surface area contributed by atoms with Crippen LogP contribution in [0.3, 0.4) is 0 Å². The lowest BCUT2D eigenvalue weighted by molar-refractivity contribution is -0.389. The summed E-state index contributed by atoms with van der Waals surface area (Å²) in [5, 5.41) is 11.4. The van der Waals surface area contributed by atoms with E-state index >= 15 is 0 Å². The number of hydrogen-bond donors (Lipinski definition) is 0. The molecule has 27 heavy (non-hydrogen) atoms. The van der Waals surface area contributed by atoms with Gasteiger partial charge in [0.25, 0.3) is 0 Å². The average Bonchev–Trinajstić information content (AvgIpc) is 3.15. The van der Waals surface area contributed by atoms with E-state index in [2.05, 4.69) is 4.98 Å². The first-order chi connectivity index (χ1) is 12.8. The van der Waals surface area contributed by atoms with Gasteiger partial charge >= 0.3 is 17.9 Å². The van der Waals surface area contributed by atoms with Gasteiger partial charge in [-0.05, 0) is 41.5 Å². The van der Waals surface area contributed by atoms with Gasteiger partial charge in [0.2, 0.25) is 0 Å². The van der Waals surface area contributed by atoms with Crippen molar-refractivity contribution in [3.05, 3.63) is 50.7 Å². The van der Waals surface area contributed by atoms with Gasteiger partial charge in [0.15, 0.2) is 5.60 Å². The van der Waals surface area contributed by atoms with Crippen molar-refractivity contribution in [2.75, 3.05) is 13.2 Å². The lowest BCUT2D eigenvalue weighted by Crippen LogP contribution is -2.42. The van der Waals surface area contributed by atoms with E-state index in [0.29, 0.717) is 24.7 Å². The molecule has 142 valence electrons. The molecule has 2 aliphatic heterocycles. The summed E-state index contributed by atoms with van der Waals surface area (Å²) in [6.07, 6.45) is 1.61. The summed E-state index contributed by atoms with van der Waals surface area (Å²) in [5.74, 6) is -0.267. The van der Waals surface area contributed by atoms with Crippen molar-refractivity contribution >= 4 is 23.5 Å². The van der Waals surface area contributed by atoms with Gasteiger partial charge in [-0.3, -0.25) is 4.57 Å². The lowest BCUT2D eigenvalue weighted by atomic mass is 10.0. The van der Waals surface area contributed by atoms with E-state index in [1.54, 1.807) is 16.4 Å². The highest BCUT2D eigenvalue weighted by Crippen LogP contribution is 2.31. The van der Waals surface area contributed by atoms with Gasteiger partial charge in [-0.15, -0.1) is 0 Å². The Morgan fingerprint density at radius 2 is 2.30 bits per heavy atom. The Morgan fingerprint density at radius 1 is 1.48 bits per heavy atom. The topological polar surface area (TPSA) is 99.7 Å². The molecule has 2 aromatic rings. The maximum absolute atomic E-state index is 12.4. The predicted octanol–water partition coefficient (Wildman–Crippen LogP) is 2.79. The Morgan fingerprint density at radius 3 is 3.04 bits per heavy atom. The number of aromatic nitrogens is 2. The molecular formula is C17H17ClN4O5. The van der Waals surface area contributed by atoms with Gasteiger partial charge in [-0.1, -0.05) is 17.7 Å². The molecule has 0 N–H and O–H groups in total. The fraction of sp³-hybridized carbons (Fsp3) is 0.412. The highest BCUT2D eigenvalue weighted by Gasteiger charge is 2.41. The number of carbonyl (C=O) groups excluding carboxylic acids is 1. The molecule has 0 fully saturated rings. The van der Waals surface area contributed by atoms with E-state index in [0.717, 1.165) is 17.5 Å². The Kier molecular flexibility index (Phi) is 4.18. The first-order valence-corrected chi connectivity index (χ1v) is 8.80. The SMILES string of the molecule is C[C@]1(COC(=O)N2CCc3cc(Cl)ccc3C2)Cn2cc([N+](=O)[O-])nc2O1. The summed E-state index contributed by atoms with van der Waals surface area (Å²) < 4.78 is 12.7. The normalized spacial score (nSPS) is 20.6. The standard InChI is InChI=1S/C17H17ClN4O5/c1-17(9-21-8-14(22(24)25)19-15(21)27-17)10-26-16(23)20-5-4-11-6-13(18)3-2-12(11)7-20/h2-3,6,8H,4-5,7,9-10H2,1H3/t17-/m1/s1. The van der Waals surface area contributed by atoms with E-state index < -0.39 is 16.6 Å². The molecular weight excluding hydrogens is 376 g/mol. The van der Waals surface area contributed by atoms with Crippen LogP contribution < -0.4 is 4.74 Å². The molecule has 0 unspecified atom stereocenters. The van der Waals surface area contributed by atoms with Crippen LogP contribution in [-0.2, 0) is 24.2 Å². The largest absolute Gasteiger partial charge is 0.445 e. The Hall–Kier alpha value is -2.81. The number of carbonyl (C=O) groups is 1. The van der Waals surface area contributed by atoms with Gasteiger partial charge < -0.3 is 24.5 Å². The van der Waals surface area contributed by atoms with Crippen molar-refractivity contribution in [3.63, 3.8) is 0 Å². The second kappa shape index (κ2) is 6.41. The highest BCUT2D eigenvalue weighted by atomic mass is 35.5. The Bertz CT molecular complexity index is 905. The molecule has 2 aliphatic rings. The molecule has 0 radical (unpaired) electrons. The summed E-state index contributed by atoms with van der Waals surface area (Å²) in [7, 11) is 0. The van der Waals surface area contributed by atoms with Crippen LogP contribution in [0.5, 0.6) is 6.01 Å². The zero-order valence-electron chi connectivity index (χ0n) is 14.6. The maximum atomic E-state index is 12.4. The number of fused-ring (bicyclic) bond motifs is 2. The van der Waals surface area contributed by atoms with E-state index in [-0.39, 0.29) is 18.4 Å². The molecule has 0 saturated heterocycles. The van der Waals surface area contributed by atoms with Crippen LogP contribution in [0.15, 0.2) is 24.4 Å². The summed E-state index contributed by atoms with van der Waals surface area (Å²) in [6, 6.07) is 5.81. The molecule has 1 aromatic carbocycles. The van der Waals surface area contributed by atoms with Crippen molar-refractivity contribution in [2.24, 2.45) is 0 Å². The third kappa shape index (κ3) is 3.42. The highest BCUT2D eigenvalue weighted by molar-refractivity contribution is 6.30. The maximum Gasteiger partial charge on any atom is 0.415 e. The minimum Gasteiger partial charge on any atom is -0.445 e. The molecule has 10 heteroatoms. The number of hydrogen-bond acceptors (Lipinski definition) is 6. The molecule has 1 aromatic heterocycles. The third-order valence-electron chi connectivity index (χ3n) is 4.70. The van der Waals surface area contributed by atoms with Crippen LogP contribution in [0.25, 0.3) is 0 Å². The molecule has 0 saturated carbocycles. The van der Waals surface area contributed by atoms with Crippen LogP contribution in [0.1, 0.15) is 18.1 Å². The zero-order valence-corrected chi connectivity index (χ0v) is 15.3. The predicted molar refractivity (Wildman–Crippen MR) is 94.8 cm³/mol. The van der Waals surface area contributed by atoms with Crippen molar-refractivity contribution in [3.8, 4) is 6.01 Å². The van der Waals surface area contributed by atoms with Crippen molar-refractivity contribution in [1.82, 2.24) is 14.5 Å². The molecule has 9 nitrogen and oxygen atoms in total. The van der Waals surface area contributed by atoms with E-state index in [1.807, 2.05) is 18.2 Å². The van der Waals surface area contributed by atoms with Crippen LogP contribution in [0.2, 0.25) is 5.02 Å². The summed E-state index contributed by atoms with van der Waals surface area (Å²) >= 11 is 6.01. The first-order valence-electron chi connectivity index (χ1n) is 8.43. The molecule has 0 aliphatic carbocycles. The van der Waals surface area contributed by atoms with Crippen LogP contribution in [0, 0.1) is 10.1 Å². The third-order valence-corrected chi connectivity index (χ3v) is 4.93. The second-order valence-corrected chi connectivity index (χ2v) is 7.39. The number of nitrogens with zero attached hydrogens (tertiary/aromatic N) is 4. The summed E-state index contributed by atoms with van der Waals surface area (Å²) in [5.41, 5.74) is 1.39. The number of nitro groups is 1. The number of amides is 1. The minimum atomic E-state index is -0.811. The number of benzene rings is 1. The van der Waals surface area contributed by atoms with Gasteiger partial charge in [0, 0.05) is 23.1 Å². The molecule has 1 atom stereocenters. The molecule has 0 bridgehead atoms. The number of ether oxygens (including phenoxy) is 2. The number of halogens is 1. The fourth-order valence-corrected chi connectivity index (χ4v) is 3.53. The van der Waals surface area contributed by atoms with Gasteiger partial charge in [0.05, 0.1) is 6.54 Å². The lowest BCUT2D eigenvalue weighted by Gasteiger charge is -2.29. The number of imidazole rings is 1. The van der Waals surface area contributed by atoms with Crippen molar-refractivity contribution < 1.29 is 19.2 Å². The summed E-state index contributed by atoms with van der Waals surface area (Å²) in [6.45, 7) is 3.13. The second-order valence-electron chi connectivity index (χ2n) is 6.96. The van der Waals surface area contributed by atoms with Gasteiger partial charge in [0.1, 0.15) is 12.8 Å². The Balaban J connectivity index is 1.35. The van der Waals surface area contributed by atoms with Gasteiger partial charge in [-0.2, -0.15) is 0 Å². The van der Waals surface area contributed by atoms with E-state index in [1.165, 1.54) is 6.20 Å². The minimum absolute atomic E-state index is 0.0208. The monoisotopic (exact) mass is 392 g/mol. The van der Waals surface area contributed by atoms with E-state index in [4.69, 9.17) is 21.1 Å². The zero-order chi connectivity index (χ0) is 19.2. The van der Waals surface area contributed by atoms with Crippen LogP contribution in [0.4, 0.5) is 10.6 Å². The summed E-state index contributed by atoms with van der Waals surface area (Å²) in [4.78, 5) is 28.1.